The lowest BCUT2D eigenvalue weighted by molar-refractivity contribution is 0.102. The van der Waals surface area contributed by atoms with Gasteiger partial charge in [-0.25, -0.2) is 4.98 Å². The van der Waals surface area contributed by atoms with Gasteiger partial charge in [0.05, 0.1) is 16.7 Å². The SMILES string of the molecule is Cc1cc(NC(=O)c2ccccc2C)n(-c2nc3ccccc3n2C)n1. The normalized spacial score (nSPS) is 11.0. The van der Waals surface area contributed by atoms with Crippen LogP contribution in [0.25, 0.3) is 17.0 Å². The number of fused-ring (bicyclic) bond motifs is 1. The number of para-hydroxylation sites is 2. The second-order valence-electron chi connectivity index (χ2n) is 6.31. The minimum atomic E-state index is -0.164. The van der Waals surface area contributed by atoms with Crippen molar-refractivity contribution in [3.8, 4) is 5.95 Å². The highest BCUT2D eigenvalue weighted by Gasteiger charge is 2.17. The lowest BCUT2D eigenvalue weighted by Crippen LogP contribution is -2.17. The molecule has 4 rings (SSSR count). The van der Waals surface area contributed by atoms with Crippen LogP contribution in [-0.2, 0) is 7.05 Å². The van der Waals surface area contributed by atoms with Gasteiger partial charge in [0.2, 0.25) is 5.95 Å². The van der Waals surface area contributed by atoms with Gasteiger partial charge in [-0.15, -0.1) is 0 Å². The quantitative estimate of drug-likeness (QED) is 0.617. The van der Waals surface area contributed by atoms with Crippen molar-refractivity contribution < 1.29 is 4.79 Å². The van der Waals surface area contributed by atoms with Gasteiger partial charge in [0, 0.05) is 18.7 Å². The van der Waals surface area contributed by atoms with Gasteiger partial charge in [-0.3, -0.25) is 4.79 Å². The van der Waals surface area contributed by atoms with E-state index < -0.39 is 0 Å². The predicted octanol–water partition coefficient (Wildman–Crippen LogP) is 3.63. The molecule has 0 fully saturated rings. The molecule has 0 spiro atoms. The summed E-state index contributed by atoms with van der Waals surface area (Å²) in [6.45, 7) is 3.81. The summed E-state index contributed by atoms with van der Waals surface area (Å²) < 4.78 is 3.64. The number of carbonyl (C=O) groups is 1. The summed E-state index contributed by atoms with van der Waals surface area (Å²) >= 11 is 0. The van der Waals surface area contributed by atoms with Gasteiger partial charge in [0.15, 0.2) is 0 Å². The van der Waals surface area contributed by atoms with Crippen LogP contribution in [0.2, 0.25) is 0 Å². The van der Waals surface area contributed by atoms with E-state index in [2.05, 4.69) is 15.4 Å². The third-order valence-electron chi connectivity index (χ3n) is 4.42. The predicted molar refractivity (Wildman–Crippen MR) is 102 cm³/mol. The standard InChI is InChI=1S/C20H19N5O/c1-13-8-4-5-9-15(13)19(26)22-18-12-14(2)23-25(18)20-21-16-10-6-7-11-17(16)24(20)3/h4-12H,1-3H3,(H,22,26). The second kappa shape index (κ2) is 6.15. The molecule has 130 valence electrons. The fourth-order valence-corrected chi connectivity index (χ4v) is 3.07. The van der Waals surface area contributed by atoms with E-state index in [1.165, 1.54) is 0 Å². The van der Waals surface area contributed by atoms with Crippen molar-refractivity contribution in [3.05, 3.63) is 71.4 Å². The average molecular weight is 345 g/mol. The minimum absolute atomic E-state index is 0.164. The van der Waals surface area contributed by atoms with E-state index in [0.29, 0.717) is 17.3 Å². The second-order valence-corrected chi connectivity index (χ2v) is 6.31. The Balaban J connectivity index is 1.76. The summed E-state index contributed by atoms with van der Waals surface area (Å²) in [5, 5.41) is 7.49. The smallest absolute Gasteiger partial charge is 0.257 e. The van der Waals surface area contributed by atoms with Crippen molar-refractivity contribution in [1.82, 2.24) is 19.3 Å². The molecule has 0 radical (unpaired) electrons. The van der Waals surface area contributed by atoms with E-state index in [1.54, 1.807) is 4.68 Å². The molecule has 2 heterocycles. The zero-order valence-electron chi connectivity index (χ0n) is 14.9. The first-order valence-corrected chi connectivity index (χ1v) is 8.40. The van der Waals surface area contributed by atoms with Crippen molar-refractivity contribution in [2.24, 2.45) is 7.05 Å². The fraction of sp³-hybridized carbons (Fsp3) is 0.150. The number of imidazole rings is 1. The molecule has 1 N–H and O–H groups in total. The number of hydrogen-bond acceptors (Lipinski definition) is 3. The Morgan fingerprint density at radius 3 is 2.54 bits per heavy atom. The van der Waals surface area contributed by atoms with Crippen molar-refractivity contribution in [2.75, 3.05) is 5.32 Å². The largest absolute Gasteiger partial charge is 0.311 e. The van der Waals surface area contributed by atoms with Gasteiger partial charge in [0.1, 0.15) is 5.82 Å². The molecule has 1 amide bonds. The maximum absolute atomic E-state index is 12.7. The topological polar surface area (TPSA) is 64.7 Å². The van der Waals surface area contributed by atoms with Crippen molar-refractivity contribution in [3.63, 3.8) is 0 Å². The first-order valence-electron chi connectivity index (χ1n) is 8.40. The molecule has 0 atom stereocenters. The van der Waals surface area contributed by atoms with Gasteiger partial charge >= 0.3 is 0 Å². The molecule has 0 aliphatic carbocycles. The third kappa shape index (κ3) is 2.65. The van der Waals surface area contributed by atoms with Crippen molar-refractivity contribution >= 4 is 22.8 Å². The Morgan fingerprint density at radius 2 is 1.77 bits per heavy atom. The van der Waals surface area contributed by atoms with Crippen LogP contribution in [0, 0.1) is 13.8 Å². The van der Waals surface area contributed by atoms with Gasteiger partial charge in [-0.2, -0.15) is 9.78 Å². The first-order chi connectivity index (χ1) is 12.5. The summed E-state index contributed by atoms with van der Waals surface area (Å²) in [5.41, 5.74) is 4.26. The Bertz CT molecular complexity index is 1120. The average Bonchev–Trinajstić information content (AvgIpc) is 3.15. The Morgan fingerprint density at radius 1 is 1.04 bits per heavy atom. The van der Waals surface area contributed by atoms with Crippen molar-refractivity contribution in [1.29, 1.82) is 0 Å². The van der Waals surface area contributed by atoms with Gasteiger partial charge < -0.3 is 9.88 Å². The van der Waals surface area contributed by atoms with Crippen LogP contribution in [0.5, 0.6) is 0 Å². The number of anilines is 1. The highest BCUT2D eigenvalue weighted by molar-refractivity contribution is 6.05. The summed E-state index contributed by atoms with van der Waals surface area (Å²) in [4.78, 5) is 17.4. The molecule has 0 aliphatic rings. The molecule has 0 aliphatic heterocycles. The summed E-state index contributed by atoms with van der Waals surface area (Å²) in [7, 11) is 1.94. The van der Waals surface area contributed by atoms with Gasteiger partial charge in [-0.1, -0.05) is 30.3 Å². The Hall–Kier alpha value is -3.41. The molecule has 6 heteroatoms. The fourth-order valence-electron chi connectivity index (χ4n) is 3.07. The molecule has 2 aromatic heterocycles. The van der Waals surface area contributed by atoms with E-state index >= 15 is 0 Å². The van der Waals surface area contributed by atoms with E-state index in [9.17, 15) is 4.79 Å². The molecule has 0 saturated heterocycles. The molecular formula is C20H19N5O. The van der Waals surface area contributed by atoms with E-state index in [0.717, 1.165) is 22.3 Å². The van der Waals surface area contributed by atoms with Gasteiger partial charge in [-0.05, 0) is 37.6 Å². The summed E-state index contributed by atoms with van der Waals surface area (Å²) in [5.74, 6) is 1.08. The number of hydrogen-bond donors (Lipinski definition) is 1. The minimum Gasteiger partial charge on any atom is -0.311 e. The zero-order chi connectivity index (χ0) is 18.3. The number of aromatic nitrogens is 4. The number of aryl methyl sites for hydroxylation is 3. The van der Waals surface area contributed by atoms with Crippen LogP contribution >= 0.6 is 0 Å². The number of amides is 1. The molecule has 0 unspecified atom stereocenters. The van der Waals surface area contributed by atoms with Crippen LogP contribution in [0.3, 0.4) is 0 Å². The number of rotatable bonds is 3. The summed E-state index contributed by atoms with van der Waals surface area (Å²) in [6, 6.07) is 17.2. The van der Waals surface area contributed by atoms with Gasteiger partial charge in [0.25, 0.3) is 5.91 Å². The zero-order valence-corrected chi connectivity index (χ0v) is 14.9. The molecular weight excluding hydrogens is 326 g/mol. The van der Waals surface area contributed by atoms with Crippen LogP contribution < -0.4 is 5.32 Å². The third-order valence-corrected chi connectivity index (χ3v) is 4.42. The van der Waals surface area contributed by atoms with Crippen molar-refractivity contribution in [2.45, 2.75) is 13.8 Å². The maximum Gasteiger partial charge on any atom is 0.257 e. The molecule has 0 saturated carbocycles. The first kappa shape index (κ1) is 16.1. The number of benzene rings is 2. The highest BCUT2D eigenvalue weighted by atomic mass is 16.1. The van der Waals surface area contributed by atoms with Crippen LogP contribution in [-0.4, -0.2) is 25.2 Å². The molecule has 2 aromatic carbocycles. The molecule has 0 bridgehead atoms. The Labute approximate surface area is 151 Å². The van der Waals surface area contributed by atoms with Crippen LogP contribution in [0.1, 0.15) is 21.6 Å². The number of nitrogens with one attached hydrogen (secondary N) is 1. The molecule has 4 aromatic rings. The molecule has 26 heavy (non-hydrogen) atoms. The number of carbonyl (C=O) groups excluding carboxylic acids is 1. The highest BCUT2D eigenvalue weighted by Crippen LogP contribution is 2.22. The van der Waals surface area contributed by atoms with Crippen LogP contribution in [0.4, 0.5) is 5.82 Å². The van der Waals surface area contributed by atoms with Crippen LogP contribution in [0.15, 0.2) is 54.6 Å². The maximum atomic E-state index is 12.7. The van der Waals surface area contributed by atoms with E-state index in [-0.39, 0.29) is 5.91 Å². The molecule has 6 nitrogen and oxygen atoms in total. The Kier molecular flexibility index (Phi) is 3.80. The number of nitrogens with zero attached hydrogens (tertiary/aromatic N) is 4. The van der Waals surface area contributed by atoms with E-state index in [1.807, 2.05) is 80.1 Å². The van der Waals surface area contributed by atoms with E-state index in [4.69, 9.17) is 0 Å². The summed E-state index contributed by atoms with van der Waals surface area (Å²) in [6.07, 6.45) is 0. The lowest BCUT2D eigenvalue weighted by atomic mass is 10.1. The lowest BCUT2D eigenvalue weighted by Gasteiger charge is -2.10. The monoisotopic (exact) mass is 345 g/mol.